The number of hydrogen-bond donors (Lipinski definition) is 1. The van der Waals surface area contributed by atoms with Crippen LogP contribution >= 0.6 is 0 Å². The van der Waals surface area contributed by atoms with E-state index in [9.17, 15) is 0 Å². The third kappa shape index (κ3) is 4.05. The molecule has 0 amide bonds. The van der Waals surface area contributed by atoms with Gasteiger partial charge in [0.15, 0.2) is 0 Å². The molecule has 0 aliphatic carbocycles. The van der Waals surface area contributed by atoms with Crippen molar-refractivity contribution in [3.63, 3.8) is 0 Å². The highest BCUT2D eigenvalue weighted by Gasteiger charge is 1.96. The van der Waals surface area contributed by atoms with Crippen LogP contribution in [0.5, 0.6) is 0 Å². The molecule has 8 heavy (non-hydrogen) atoms. The Labute approximate surface area is 49.7 Å². The first-order chi connectivity index (χ1) is 3.81. The summed E-state index contributed by atoms with van der Waals surface area (Å²) in [5.41, 5.74) is 0. The second kappa shape index (κ2) is 5.03. The van der Waals surface area contributed by atoms with Gasteiger partial charge in [0.25, 0.3) is 0 Å². The zero-order valence-electron chi connectivity index (χ0n) is 5.39. The number of ether oxygens (including phenoxy) is 1. The van der Waals surface area contributed by atoms with Crippen LogP contribution in [0.25, 0.3) is 0 Å². The first kappa shape index (κ1) is 7.88. The molecule has 0 radical (unpaired) electrons. The molecule has 0 spiro atoms. The van der Waals surface area contributed by atoms with E-state index in [-0.39, 0.29) is 6.10 Å². The normalized spacial score (nSPS) is 13.9. The third-order valence-electron chi connectivity index (χ3n) is 0.961. The number of hydrogen-bond acceptors (Lipinski definition) is 3. The Morgan fingerprint density at radius 1 is 1.62 bits per heavy atom. The molecule has 2 N–H and O–H groups in total. The van der Waals surface area contributed by atoms with Gasteiger partial charge in [-0.05, 0) is 13.3 Å². The molecule has 0 aromatic heterocycles. The molecule has 0 aliphatic rings. The summed E-state index contributed by atoms with van der Waals surface area (Å²) in [5, 5.41) is 0. The van der Waals surface area contributed by atoms with Crippen LogP contribution in [-0.2, 0) is 9.57 Å². The Morgan fingerprint density at radius 2 is 2.25 bits per heavy atom. The minimum Gasteiger partial charge on any atom is -0.385 e. The maximum atomic E-state index is 4.86. The monoisotopic (exact) mass is 119 g/mol. The average molecular weight is 119 g/mol. The van der Waals surface area contributed by atoms with Gasteiger partial charge in [0.05, 0.1) is 6.10 Å². The Kier molecular flexibility index (Phi) is 4.95. The second-order valence-electron chi connectivity index (χ2n) is 1.73. The van der Waals surface area contributed by atoms with E-state index in [2.05, 4.69) is 4.84 Å². The lowest BCUT2D eigenvalue weighted by Gasteiger charge is -2.05. The van der Waals surface area contributed by atoms with Gasteiger partial charge >= 0.3 is 0 Å². The minimum atomic E-state index is 0.106. The van der Waals surface area contributed by atoms with Crippen LogP contribution in [0.4, 0.5) is 0 Å². The highest BCUT2D eigenvalue weighted by molar-refractivity contribution is 4.44. The molecule has 0 bridgehead atoms. The van der Waals surface area contributed by atoms with Crippen LogP contribution in [0, 0.1) is 0 Å². The van der Waals surface area contributed by atoms with Crippen LogP contribution in [-0.4, -0.2) is 19.8 Å². The molecule has 3 nitrogen and oxygen atoms in total. The molecule has 3 heteroatoms. The summed E-state index contributed by atoms with van der Waals surface area (Å²) < 4.78 is 4.78. The van der Waals surface area contributed by atoms with Crippen LogP contribution in [0.3, 0.4) is 0 Å². The van der Waals surface area contributed by atoms with Gasteiger partial charge in [0, 0.05) is 13.7 Å². The first-order valence-electron chi connectivity index (χ1n) is 2.65. The third-order valence-corrected chi connectivity index (χ3v) is 0.961. The Hall–Kier alpha value is -0.120. The van der Waals surface area contributed by atoms with E-state index in [1.165, 1.54) is 0 Å². The van der Waals surface area contributed by atoms with Crippen molar-refractivity contribution in [2.75, 3.05) is 13.7 Å². The number of rotatable bonds is 4. The van der Waals surface area contributed by atoms with Crippen molar-refractivity contribution in [3.8, 4) is 0 Å². The lowest BCUT2D eigenvalue weighted by atomic mass is 10.3. The molecule has 0 saturated heterocycles. The predicted molar refractivity (Wildman–Crippen MR) is 31.2 cm³/mol. The van der Waals surface area contributed by atoms with Gasteiger partial charge in [-0.15, -0.1) is 0 Å². The summed E-state index contributed by atoms with van der Waals surface area (Å²) in [4.78, 5) is 4.47. The topological polar surface area (TPSA) is 44.5 Å². The molecule has 0 fully saturated rings. The standard InChI is InChI=1S/C5H13NO2/c1-5(8-6)3-4-7-2/h5H,3-4,6H2,1-2H3. The van der Waals surface area contributed by atoms with Gasteiger partial charge in [-0.2, -0.15) is 0 Å². The maximum Gasteiger partial charge on any atom is 0.0781 e. The first-order valence-corrected chi connectivity index (χ1v) is 2.65. The van der Waals surface area contributed by atoms with Crippen LogP contribution in [0.1, 0.15) is 13.3 Å². The molecule has 1 unspecified atom stereocenters. The molecule has 1 atom stereocenters. The molecule has 0 heterocycles. The molecule has 0 saturated carbocycles. The second-order valence-corrected chi connectivity index (χ2v) is 1.73. The van der Waals surface area contributed by atoms with Gasteiger partial charge in [-0.1, -0.05) is 0 Å². The lowest BCUT2D eigenvalue weighted by Crippen LogP contribution is -2.14. The van der Waals surface area contributed by atoms with Crippen molar-refractivity contribution < 1.29 is 9.57 Å². The average Bonchev–Trinajstić information content (AvgIpc) is 1.83. The number of nitrogens with two attached hydrogens (primary N) is 1. The highest BCUT2D eigenvalue weighted by atomic mass is 16.6. The van der Waals surface area contributed by atoms with Crippen molar-refractivity contribution in [2.24, 2.45) is 5.90 Å². The Morgan fingerprint density at radius 3 is 2.62 bits per heavy atom. The van der Waals surface area contributed by atoms with E-state index >= 15 is 0 Å². The molecule has 0 aliphatic heterocycles. The van der Waals surface area contributed by atoms with Crippen molar-refractivity contribution in [1.82, 2.24) is 0 Å². The molecular formula is C5H13NO2. The van der Waals surface area contributed by atoms with E-state index in [4.69, 9.17) is 10.6 Å². The van der Waals surface area contributed by atoms with Gasteiger partial charge in [-0.3, -0.25) is 0 Å². The SMILES string of the molecule is COCCC(C)ON. The van der Waals surface area contributed by atoms with Crippen molar-refractivity contribution in [2.45, 2.75) is 19.4 Å². The maximum absolute atomic E-state index is 4.86. The van der Waals surface area contributed by atoms with Gasteiger partial charge < -0.3 is 9.57 Å². The molecule has 0 rings (SSSR count). The fraction of sp³-hybridized carbons (Fsp3) is 1.00. The molecule has 50 valence electrons. The fourth-order valence-corrected chi connectivity index (χ4v) is 0.352. The van der Waals surface area contributed by atoms with Gasteiger partial charge in [-0.25, -0.2) is 5.90 Å². The van der Waals surface area contributed by atoms with Crippen LogP contribution in [0.15, 0.2) is 0 Å². The van der Waals surface area contributed by atoms with Gasteiger partial charge in [0.2, 0.25) is 0 Å². The zero-order valence-corrected chi connectivity index (χ0v) is 5.39. The summed E-state index contributed by atoms with van der Waals surface area (Å²) >= 11 is 0. The Bertz CT molecular complexity index is 49.7. The van der Waals surface area contributed by atoms with Crippen LogP contribution < -0.4 is 5.90 Å². The summed E-state index contributed by atoms with van der Waals surface area (Å²) in [5.74, 6) is 4.86. The van der Waals surface area contributed by atoms with Crippen molar-refractivity contribution in [1.29, 1.82) is 0 Å². The highest BCUT2D eigenvalue weighted by Crippen LogP contribution is 1.91. The van der Waals surface area contributed by atoms with E-state index in [0.717, 1.165) is 6.42 Å². The Balaban J connectivity index is 2.86. The van der Waals surface area contributed by atoms with E-state index in [1.54, 1.807) is 7.11 Å². The smallest absolute Gasteiger partial charge is 0.0781 e. The zero-order chi connectivity index (χ0) is 6.41. The fourth-order valence-electron chi connectivity index (χ4n) is 0.352. The summed E-state index contributed by atoms with van der Waals surface area (Å²) in [7, 11) is 1.66. The minimum absolute atomic E-state index is 0.106. The molecule has 0 aromatic carbocycles. The van der Waals surface area contributed by atoms with E-state index in [0.29, 0.717) is 6.61 Å². The van der Waals surface area contributed by atoms with Gasteiger partial charge in [0.1, 0.15) is 0 Å². The predicted octanol–water partition coefficient (Wildman–Crippen LogP) is 0.302. The summed E-state index contributed by atoms with van der Waals surface area (Å²) in [6.45, 7) is 2.61. The van der Waals surface area contributed by atoms with Crippen molar-refractivity contribution in [3.05, 3.63) is 0 Å². The van der Waals surface area contributed by atoms with Crippen LogP contribution in [0.2, 0.25) is 0 Å². The lowest BCUT2D eigenvalue weighted by molar-refractivity contribution is 0.0407. The van der Waals surface area contributed by atoms with Crippen molar-refractivity contribution >= 4 is 0 Å². The quantitative estimate of drug-likeness (QED) is 0.541. The summed E-state index contributed by atoms with van der Waals surface area (Å²) in [6, 6.07) is 0. The summed E-state index contributed by atoms with van der Waals surface area (Å²) in [6.07, 6.45) is 0.961. The molecule has 0 aromatic rings. The van der Waals surface area contributed by atoms with E-state index in [1.807, 2.05) is 6.92 Å². The number of methoxy groups -OCH3 is 1. The largest absolute Gasteiger partial charge is 0.385 e. The molecular weight excluding hydrogens is 106 g/mol. The van der Waals surface area contributed by atoms with E-state index < -0.39 is 0 Å².